The van der Waals surface area contributed by atoms with Gasteiger partial charge in [0.05, 0.1) is 25.6 Å². The number of benzene rings is 3. The molecule has 0 radical (unpaired) electrons. The van der Waals surface area contributed by atoms with E-state index in [4.69, 9.17) is 30.8 Å². The maximum absolute atomic E-state index is 14.8. The van der Waals surface area contributed by atoms with Crippen molar-refractivity contribution in [2.75, 3.05) is 20.2 Å². The lowest BCUT2D eigenvalue weighted by atomic mass is 9.88. The molecule has 1 unspecified atom stereocenters. The van der Waals surface area contributed by atoms with Crippen molar-refractivity contribution in [3.63, 3.8) is 0 Å². The van der Waals surface area contributed by atoms with Crippen LogP contribution >= 0.6 is 11.6 Å². The average molecular weight is 620 g/mol. The van der Waals surface area contributed by atoms with E-state index in [1.54, 1.807) is 32.4 Å². The van der Waals surface area contributed by atoms with Crippen molar-refractivity contribution in [3.05, 3.63) is 106 Å². The van der Waals surface area contributed by atoms with E-state index < -0.39 is 17.6 Å². The van der Waals surface area contributed by atoms with Crippen LogP contribution in [-0.4, -0.2) is 45.7 Å². The molecular formula is C34H35ClFN3O5. The zero-order valence-corrected chi connectivity index (χ0v) is 25.5. The molecule has 3 heterocycles. The van der Waals surface area contributed by atoms with Gasteiger partial charge in [-0.3, -0.25) is 9.69 Å². The number of nitrogens with zero attached hydrogens (tertiary/aromatic N) is 3. The van der Waals surface area contributed by atoms with Crippen LogP contribution < -0.4 is 14.2 Å². The second-order valence-corrected chi connectivity index (χ2v) is 11.9. The van der Waals surface area contributed by atoms with Gasteiger partial charge < -0.3 is 23.9 Å². The van der Waals surface area contributed by atoms with Gasteiger partial charge >= 0.3 is 5.97 Å². The molecule has 8 nitrogen and oxygen atoms in total. The number of hydrogen-bond donors (Lipinski definition) is 1. The van der Waals surface area contributed by atoms with Gasteiger partial charge in [-0.05, 0) is 80.2 Å². The number of carbonyl (C=O) groups is 1. The van der Waals surface area contributed by atoms with E-state index in [1.807, 2.05) is 36.4 Å². The van der Waals surface area contributed by atoms with Crippen LogP contribution in [0.4, 0.5) is 4.39 Å². The van der Waals surface area contributed by atoms with Crippen molar-refractivity contribution in [2.24, 2.45) is 0 Å². The van der Waals surface area contributed by atoms with E-state index in [0.717, 1.165) is 54.3 Å². The number of carboxylic acid groups (broad SMARTS) is 1. The first-order chi connectivity index (χ1) is 21.2. The number of hydrogen-bond acceptors (Lipinski definition) is 6. The van der Waals surface area contributed by atoms with Gasteiger partial charge in [-0.1, -0.05) is 35.9 Å². The van der Waals surface area contributed by atoms with Crippen LogP contribution in [0.15, 0.2) is 66.9 Å². The van der Waals surface area contributed by atoms with Gasteiger partial charge in [0.2, 0.25) is 0 Å². The zero-order chi connectivity index (χ0) is 30.8. The molecule has 2 aliphatic heterocycles. The zero-order valence-electron chi connectivity index (χ0n) is 24.8. The minimum Gasteiger partial charge on any atom is -0.497 e. The SMILES string of the molecule is COc1cccc(Cn2c(CCC(=O)O)cnc2CN2CCC(c3cccc4c3OC(C)(c3ccc(Cl)cc3F)O4)CC2)c1. The first kappa shape index (κ1) is 30.0. The number of para-hydroxylation sites is 1. The molecule has 6 rings (SSSR count). The number of carboxylic acids is 1. The summed E-state index contributed by atoms with van der Waals surface area (Å²) in [6, 6.07) is 18.3. The Balaban J connectivity index is 1.15. The minimum absolute atomic E-state index is 0.0471. The number of piperidine rings is 1. The molecule has 1 saturated heterocycles. The lowest BCUT2D eigenvalue weighted by Crippen LogP contribution is -2.34. The van der Waals surface area contributed by atoms with Gasteiger partial charge in [0.1, 0.15) is 17.4 Å². The molecule has 0 bridgehead atoms. The van der Waals surface area contributed by atoms with Crippen LogP contribution in [0.3, 0.4) is 0 Å². The number of rotatable bonds is 10. The van der Waals surface area contributed by atoms with Gasteiger partial charge in [0, 0.05) is 35.9 Å². The monoisotopic (exact) mass is 619 g/mol. The molecule has 44 heavy (non-hydrogen) atoms. The van der Waals surface area contributed by atoms with Gasteiger partial charge in [-0.25, -0.2) is 9.37 Å². The van der Waals surface area contributed by atoms with Crippen LogP contribution in [0.2, 0.25) is 5.02 Å². The molecule has 0 spiro atoms. The molecule has 0 amide bonds. The fourth-order valence-electron chi connectivity index (χ4n) is 6.20. The lowest BCUT2D eigenvalue weighted by molar-refractivity contribution is -0.137. The predicted molar refractivity (Wildman–Crippen MR) is 164 cm³/mol. The Bertz CT molecular complexity index is 1670. The third-order valence-electron chi connectivity index (χ3n) is 8.51. The molecule has 2 aliphatic rings. The van der Waals surface area contributed by atoms with Crippen molar-refractivity contribution in [1.29, 1.82) is 0 Å². The molecule has 1 aromatic heterocycles. The fourth-order valence-corrected chi connectivity index (χ4v) is 6.36. The predicted octanol–water partition coefficient (Wildman–Crippen LogP) is 6.77. The maximum atomic E-state index is 14.8. The number of methoxy groups -OCH3 is 1. The van der Waals surface area contributed by atoms with E-state index in [2.05, 4.69) is 15.5 Å². The van der Waals surface area contributed by atoms with Gasteiger partial charge in [0.25, 0.3) is 5.79 Å². The molecule has 10 heteroatoms. The molecule has 4 aromatic rings. The highest BCUT2D eigenvalue weighted by molar-refractivity contribution is 6.30. The summed E-state index contributed by atoms with van der Waals surface area (Å²) in [4.78, 5) is 18.4. The summed E-state index contributed by atoms with van der Waals surface area (Å²) in [5, 5.41) is 9.60. The van der Waals surface area contributed by atoms with E-state index in [9.17, 15) is 14.3 Å². The van der Waals surface area contributed by atoms with E-state index in [-0.39, 0.29) is 12.3 Å². The molecule has 1 fully saturated rings. The molecular weight excluding hydrogens is 585 g/mol. The summed E-state index contributed by atoms with van der Waals surface area (Å²) in [7, 11) is 1.64. The molecule has 1 atom stereocenters. The Morgan fingerprint density at radius 1 is 1.11 bits per heavy atom. The third kappa shape index (κ3) is 6.25. The van der Waals surface area contributed by atoms with Crippen LogP contribution in [0.1, 0.15) is 60.3 Å². The third-order valence-corrected chi connectivity index (χ3v) is 8.75. The number of ether oxygens (including phenoxy) is 3. The van der Waals surface area contributed by atoms with Crippen molar-refractivity contribution in [2.45, 2.75) is 57.4 Å². The summed E-state index contributed by atoms with van der Waals surface area (Å²) in [6.45, 7) is 4.68. The lowest BCUT2D eigenvalue weighted by Gasteiger charge is -2.32. The highest BCUT2D eigenvalue weighted by Crippen LogP contribution is 2.49. The Morgan fingerprint density at radius 2 is 1.91 bits per heavy atom. The molecule has 3 aromatic carbocycles. The van der Waals surface area contributed by atoms with Gasteiger partial charge in [0.15, 0.2) is 11.5 Å². The van der Waals surface area contributed by atoms with E-state index in [1.165, 1.54) is 6.07 Å². The van der Waals surface area contributed by atoms with Crippen LogP contribution in [-0.2, 0) is 30.1 Å². The molecule has 0 aliphatic carbocycles. The van der Waals surface area contributed by atoms with Gasteiger partial charge in [-0.2, -0.15) is 0 Å². The van der Waals surface area contributed by atoms with E-state index in [0.29, 0.717) is 41.6 Å². The number of imidazole rings is 1. The average Bonchev–Trinajstić information content (AvgIpc) is 3.56. The fraction of sp³-hybridized carbons (Fsp3) is 0.353. The topological polar surface area (TPSA) is 86.0 Å². The smallest absolute Gasteiger partial charge is 0.303 e. The summed E-state index contributed by atoms with van der Waals surface area (Å²) in [5.41, 5.74) is 3.32. The second-order valence-electron chi connectivity index (χ2n) is 11.5. The maximum Gasteiger partial charge on any atom is 0.303 e. The quantitative estimate of drug-likeness (QED) is 0.210. The Hall–Kier alpha value is -4.08. The molecule has 0 saturated carbocycles. The van der Waals surface area contributed by atoms with Crippen LogP contribution in [0, 0.1) is 5.82 Å². The summed E-state index contributed by atoms with van der Waals surface area (Å²) < 4.78 is 34.9. The van der Waals surface area contributed by atoms with Gasteiger partial charge in [-0.15, -0.1) is 0 Å². The van der Waals surface area contributed by atoms with Crippen LogP contribution in [0.25, 0.3) is 0 Å². The summed E-state index contributed by atoms with van der Waals surface area (Å²) in [6.07, 6.45) is 4.08. The molecule has 230 valence electrons. The minimum atomic E-state index is -1.29. The number of fused-ring (bicyclic) bond motifs is 1. The highest BCUT2D eigenvalue weighted by Gasteiger charge is 2.43. The Labute approximate surface area is 260 Å². The second kappa shape index (κ2) is 12.5. The number of halogens is 2. The van der Waals surface area contributed by atoms with Crippen molar-refractivity contribution < 1.29 is 28.5 Å². The normalized spacial score (nSPS) is 18.5. The Morgan fingerprint density at radius 3 is 2.66 bits per heavy atom. The number of aromatic nitrogens is 2. The standard InChI is InChI=1S/C34H35ClFN3O5/c1-34(28-11-9-24(35)18-29(28)36)43-30-8-4-7-27(33(30)44-34)23-13-15-38(16-14-23)21-31-37-19-25(10-12-32(40)41)39(31)20-22-5-3-6-26(17-22)42-2/h3-9,11,17-19,23H,10,12-16,20-21H2,1-2H3,(H,40,41). The van der Waals surface area contributed by atoms with Crippen molar-refractivity contribution in [3.8, 4) is 17.2 Å². The first-order valence-electron chi connectivity index (χ1n) is 14.8. The number of likely N-dealkylation sites (tertiary alicyclic amines) is 1. The highest BCUT2D eigenvalue weighted by atomic mass is 35.5. The number of aryl methyl sites for hydroxylation is 1. The van der Waals surface area contributed by atoms with Crippen molar-refractivity contribution in [1.82, 2.24) is 14.5 Å². The van der Waals surface area contributed by atoms with E-state index >= 15 is 0 Å². The molecule has 1 N–H and O–H groups in total. The number of aliphatic carboxylic acids is 1. The van der Waals surface area contributed by atoms with Crippen LogP contribution in [0.5, 0.6) is 17.2 Å². The van der Waals surface area contributed by atoms with Crippen molar-refractivity contribution >= 4 is 17.6 Å². The summed E-state index contributed by atoms with van der Waals surface area (Å²) in [5.74, 6) is 0.622. The largest absolute Gasteiger partial charge is 0.497 e. The first-order valence-corrected chi connectivity index (χ1v) is 15.2. The Kier molecular flexibility index (Phi) is 8.51. The summed E-state index contributed by atoms with van der Waals surface area (Å²) >= 11 is 5.97.